The van der Waals surface area contributed by atoms with Gasteiger partial charge in [0.2, 0.25) is 5.91 Å². The predicted octanol–water partition coefficient (Wildman–Crippen LogP) is 5.07. The highest BCUT2D eigenvalue weighted by Gasteiger charge is 2.16. The van der Waals surface area contributed by atoms with E-state index in [2.05, 4.69) is 10.4 Å². The maximum Gasteiger partial charge on any atom is 0.230 e. The summed E-state index contributed by atoms with van der Waals surface area (Å²) in [5.74, 6) is 0.788. The van der Waals surface area contributed by atoms with Crippen molar-refractivity contribution in [3.63, 3.8) is 0 Å². The number of thiophene rings is 1. The van der Waals surface area contributed by atoms with Crippen molar-refractivity contribution in [3.8, 4) is 11.4 Å². The number of nitrogens with one attached hydrogen (secondary N) is 1. The fourth-order valence-electron chi connectivity index (χ4n) is 3.12. The third kappa shape index (κ3) is 4.27. The molecule has 31 heavy (non-hydrogen) atoms. The van der Waals surface area contributed by atoms with Gasteiger partial charge in [0.25, 0.3) is 0 Å². The third-order valence-electron chi connectivity index (χ3n) is 4.66. The number of halogens is 1. The molecule has 3 heterocycles. The second kappa shape index (κ2) is 8.66. The van der Waals surface area contributed by atoms with E-state index in [0.29, 0.717) is 22.5 Å². The lowest BCUT2D eigenvalue weighted by Crippen LogP contribution is -2.24. The van der Waals surface area contributed by atoms with Gasteiger partial charge < -0.3 is 5.32 Å². The van der Waals surface area contributed by atoms with E-state index in [9.17, 15) is 4.79 Å². The van der Waals surface area contributed by atoms with Crippen LogP contribution in [0.25, 0.3) is 27.9 Å². The highest BCUT2D eigenvalue weighted by Crippen LogP contribution is 2.27. The fourth-order valence-corrected chi connectivity index (χ4v) is 4.66. The number of thioether (sulfide) groups is 1. The molecule has 154 valence electrons. The minimum Gasteiger partial charge on any atom is -0.351 e. The van der Waals surface area contributed by atoms with Crippen LogP contribution in [0, 0.1) is 0 Å². The first-order valence-electron chi connectivity index (χ1n) is 9.49. The number of carbonyl (C=O) groups excluding carboxylic acids is 1. The smallest absolute Gasteiger partial charge is 0.230 e. The van der Waals surface area contributed by atoms with E-state index >= 15 is 0 Å². The van der Waals surface area contributed by atoms with Crippen molar-refractivity contribution in [2.75, 3.05) is 5.75 Å². The average molecular weight is 466 g/mol. The molecule has 0 saturated heterocycles. The van der Waals surface area contributed by atoms with Crippen molar-refractivity contribution >= 4 is 57.2 Å². The van der Waals surface area contributed by atoms with Gasteiger partial charge in [-0.1, -0.05) is 47.6 Å². The van der Waals surface area contributed by atoms with Crippen molar-refractivity contribution < 1.29 is 4.79 Å². The lowest BCUT2D eigenvalue weighted by Gasteiger charge is -2.07. The molecule has 0 fully saturated rings. The molecule has 0 atom stereocenters. The molecule has 0 aliphatic carbocycles. The molecular formula is C22H16ClN5OS2. The minimum absolute atomic E-state index is 0.0822. The molecule has 6 nitrogen and oxygen atoms in total. The number of fused-ring (bicyclic) bond motifs is 3. The highest BCUT2D eigenvalue weighted by molar-refractivity contribution is 7.99. The maximum absolute atomic E-state index is 12.4. The molecule has 0 spiro atoms. The number of hydrogen-bond acceptors (Lipinski definition) is 6. The zero-order valence-corrected chi connectivity index (χ0v) is 18.5. The van der Waals surface area contributed by atoms with Crippen LogP contribution in [0.3, 0.4) is 0 Å². The average Bonchev–Trinajstić information content (AvgIpc) is 3.47. The lowest BCUT2D eigenvalue weighted by atomic mass is 10.2. The molecule has 5 aromatic rings. The number of rotatable bonds is 6. The summed E-state index contributed by atoms with van der Waals surface area (Å²) in [6.45, 7) is 0.447. The predicted molar refractivity (Wildman–Crippen MR) is 126 cm³/mol. The maximum atomic E-state index is 12.4. The number of nitrogens with zero attached hydrogens (tertiary/aromatic N) is 4. The van der Waals surface area contributed by atoms with Crippen molar-refractivity contribution in [3.05, 3.63) is 75.9 Å². The Kier molecular flexibility index (Phi) is 5.59. The summed E-state index contributed by atoms with van der Waals surface area (Å²) in [6.07, 6.45) is 0. The Morgan fingerprint density at radius 1 is 1.10 bits per heavy atom. The molecule has 2 aromatic carbocycles. The van der Waals surface area contributed by atoms with Gasteiger partial charge in [0.05, 0.1) is 11.3 Å². The summed E-state index contributed by atoms with van der Waals surface area (Å²) in [5.41, 5.74) is 3.51. The number of amides is 1. The second-order valence-electron chi connectivity index (χ2n) is 6.79. The minimum atomic E-state index is -0.0822. The van der Waals surface area contributed by atoms with E-state index in [1.54, 1.807) is 15.9 Å². The highest BCUT2D eigenvalue weighted by atomic mass is 35.5. The Morgan fingerprint density at radius 3 is 2.74 bits per heavy atom. The van der Waals surface area contributed by atoms with Crippen LogP contribution < -0.4 is 5.32 Å². The molecular weight excluding hydrogens is 450 g/mol. The van der Waals surface area contributed by atoms with Crippen molar-refractivity contribution in [2.24, 2.45) is 0 Å². The van der Waals surface area contributed by atoms with E-state index in [1.807, 2.05) is 65.4 Å². The van der Waals surface area contributed by atoms with Crippen LogP contribution in [0.5, 0.6) is 0 Å². The summed E-state index contributed by atoms with van der Waals surface area (Å²) < 4.78 is 1.73. The molecule has 1 amide bonds. The van der Waals surface area contributed by atoms with Gasteiger partial charge in [0.15, 0.2) is 16.6 Å². The number of hydrogen-bond donors (Lipinski definition) is 1. The number of para-hydroxylation sites is 1. The van der Waals surface area contributed by atoms with Crippen LogP contribution in [0.2, 0.25) is 5.02 Å². The first-order valence-corrected chi connectivity index (χ1v) is 11.8. The summed E-state index contributed by atoms with van der Waals surface area (Å²) in [4.78, 5) is 21.9. The van der Waals surface area contributed by atoms with Crippen molar-refractivity contribution in [1.29, 1.82) is 0 Å². The molecule has 9 heteroatoms. The molecule has 0 radical (unpaired) electrons. The van der Waals surface area contributed by atoms with E-state index in [-0.39, 0.29) is 11.7 Å². The number of carbonyl (C=O) groups is 1. The van der Waals surface area contributed by atoms with E-state index < -0.39 is 0 Å². The Labute approximate surface area is 191 Å². The standard InChI is InChI=1S/C22H16ClN5OS2/c23-16-7-5-14(6-8-16)11-24-19(29)13-31-22-25-18-4-2-1-3-17(18)21-26-20(27-28(21)22)15-9-10-30-12-15/h1-10,12H,11,13H2,(H,24,29). The summed E-state index contributed by atoms with van der Waals surface area (Å²) in [7, 11) is 0. The van der Waals surface area contributed by atoms with Gasteiger partial charge in [-0.25, -0.2) is 9.97 Å². The van der Waals surface area contributed by atoms with E-state index in [1.165, 1.54) is 11.8 Å². The Balaban J connectivity index is 1.39. The molecule has 1 N–H and O–H groups in total. The molecule has 0 bridgehead atoms. The van der Waals surface area contributed by atoms with Crippen molar-refractivity contribution in [2.45, 2.75) is 11.7 Å². The van der Waals surface area contributed by atoms with Crippen LogP contribution in [-0.2, 0) is 11.3 Å². The third-order valence-corrected chi connectivity index (χ3v) is 6.53. The lowest BCUT2D eigenvalue weighted by molar-refractivity contribution is -0.118. The Morgan fingerprint density at radius 2 is 1.94 bits per heavy atom. The fraction of sp³-hybridized carbons (Fsp3) is 0.0909. The largest absolute Gasteiger partial charge is 0.351 e. The molecule has 0 unspecified atom stereocenters. The van der Waals surface area contributed by atoms with Gasteiger partial charge in [-0.15, -0.1) is 5.10 Å². The van der Waals surface area contributed by atoms with Crippen LogP contribution in [0.4, 0.5) is 0 Å². The normalized spacial score (nSPS) is 11.3. The monoisotopic (exact) mass is 465 g/mol. The zero-order valence-electron chi connectivity index (χ0n) is 16.2. The summed E-state index contributed by atoms with van der Waals surface area (Å²) in [5, 5.41) is 13.8. The van der Waals surface area contributed by atoms with Gasteiger partial charge in [0.1, 0.15) is 0 Å². The van der Waals surface area contributed by atoms with Gasteiger partial charge in [-0.05, 0) is 41.3 Å². The quantitative estimate of drug-likeness (QED) is 0.280. The van der Waals surface area contributed by atoms with Crippen LogP contribution in [-0.4, -0.2) is 31.2 Å². The topological polar surface area (TPSA) is 72.2 Å². The number of aromatic nitrogens is 4. The van der Waals surface area contributed by atoms with Gasteiger partial charge >= 0.3 is 0 Å². The van der Waals surface area contributed by atoms with Gasteiger partial charge in [-0.3, -0.25) is 4.79 Å². The SMILES string of the molecule is O=C(CSc1nc2ccccc2c2nc(-c3ccsc3)nn12)NCc1ccc(Cl)cc1. The Bertz CT molecular complexity index is 1370. The zero-order chi connectivity index (χ0) is 21.2. The first kappa shape index (κ1) is 20.0. The second-order valence-corrected chi connectivity index (χ2v) is 8.95. The molecule has 0 saturated carbocycles. The summed E-state index contributed by atoms with van der Waals surface area (Å²) in [6, 6.07) is 17.2. The van der Waals surface area contributed by atoms with Crippen LogP contribution >= 0.6 is 34.7 Å². The van der Waals surface area contributed by atoms with Crippen molar-refractivity contribution in [1.82, 2.24) is 24.9 Å². The summed E-state index contributed by atoms with van der Waals surface area (Å²) >= 11 is 8.85. The van der Waals surface area contributed by atoms with Gasteiger partial charge in [0, 0.05) is 27.9 Å². The molecule has 3 aromatic heterocycles. The number of benzene rings is 2. The van der Waals surface area contributed by atoms with Gasteiger partial charge in [-0.2, -0.15) is 15.9 Å². The molecule has 0 aliphatic heterocycles. The molecule has 0 aliphatic rings. The van der Waals surface area contributed by atoms with E-state index in [4.69, 9.17) is 21.6 Å². The van der Waals surface area contributed by atoms with Crippen LogP contribution in [0.1, 0.15) is 5.56 Å². The Hall–Kier alpha value is -2.94. The van der Waals surface area contributed by atoms with E-state index in [0.717, 1.165) is 27.7 Å². The first-order chi connectivity index (χ1) is 15.2. The molecule has 5 rings (SSSR count). The van der Waals surface area contributed by atoms with Crippen LogP contribution in [0.15, 0.2) is 70.5 Å².